The summed E-state index contributed by atoms with van der Waals surface area (Å²) in [5.74, 6) is 2.28. The standard InChI is InChI=1S/C27H31NO4/c1-2-3-4-5-16-28-17-7-18-31-24-11-13-25(14-12-24)32-27-15-10-23(30)20-26(27)21-8-6-9-22(29)19-21/h6,8-15,17,19-20,29-30H,2-5,7,16,18H2,1H3. The summed E-state index contributed by atoms with van der Waals surface area (Å²) in [7, 11) is 0. The molecule has 0 aliphatic heterocycles. The van der Waals surface area contributed by atoms with Gasteiger partial charge in [-0.25, -0.2) is 0 Å². The molecular weight excluding hydrogens is 402 g/mol. The maximum Gasteiger partial charge on any atom is 0.135 e. The van der Waals surface area contributed by atoms with Crippen molar-refractivity contribution >= 4 is 6.21 Å². The topological polar surface area (TPSA) is 71.3 Å². The zero-order valence-corrected chi connectivity index (χ0v) is 18.5. The normalized spacial score (nSPS) is 11.0. The fourth-order valence-electron chi connectivity index (χ4n) is 3.28. The van der Waals surface area contributed by atoms with E-state index in [9.17, 15) is 10.2 Å². The van der Waals surface area contributed by atoms with E-state index in [1.165, 1.54) is 19.3 Å². The van der Waals surface area contributed by atoms with Crippen molar-refractivity contribution in [3.05, 3.63) is 66.7 Å². The minimum atomic E-state index is 0.129. The van der Waals surface area contributed by atoms with Gasteiger partial charge in [0.05, 0.1) is 6.61 Å². The Labute approximate surface area is 190 Å². The number of hydrogen-bond donors (Lipinski definition) is 2. The van der Waals surface area contributed by atoms with Gasteiger partial charge in [-0.15, -0.1) is 0 Å². The minimum absolute atomic E-state index is 0.129. The lowest BCUT2D eigenvalue weighted by Crippen LogP contribution is -1.98. The second-order valence-electron chi connectivity index (χ2n) is 7.59. The maximum atomic E-state index is 9.91. The summed E-state index contributed by atoms with van der Waals surface area (Å²) in [6.07, 6.45) is 7.65. The Morgan fingerprint density at radius 3 is 2.41 bits per heavy atom. The van der Waals surface area contributed by atoms with Crippen LogP contribution in [0, 0.1) is 0 Å². The van der Waals surface area contributed by atoms with Crippen LogP contribution in [0.4, 0.5) is 0 Å². The van der Waals surface area contributed by atoms with Crippen LogP contribution >= 0.6 is 0 Å². The van der Waals surface area contributed by atoms with Crippen LogP contribution < -0.4 is 9.47 Å². The van der Waals surface area contributed by atoms with Crippen molar-refractivity contribution in [3.8, 4) is 39.9 Å². The number of aromatic hydroxyl groups is 2. The lowest BCUT2D eigenvalue weighted by atomic mass is 10.0. The van der Waals surface area contributed by atoms with Crippen molar-refractivity contribution in [3.63, 3.8) is 0 Å². The first-order chi connectivity index (χ1) is 15.7. The Hall–Kier alpha value is -3.47. The van der Waals surface area contributed by atoms with Crippen LogP contribution in [0.25, 0.3) is 11.1 Å². The fraction of sp³-hybridized carbons (Fsp3) is 0.296. The Morgan fingerprint density at radius 2 is 1.62 bits per heavy atom. The molecule has 0 bridgehead atoms. The molecule has 0 spiro atoms. The van der Waals surface area contributed by atoms with Crippen LogP contribution in [0.1, 0.15) is 39.0 Å². The summed E-state index contributed by atoms with van der Waals surface area (Å²) in [4.78, 5) is 4.42. The molecule has 3 rings (SSSR count). The Kier molecular flexibility index (Phi) is 8.99. The molecule has 5 nitrogen and oxygen atoms in total. The molecule has 0 aliphatic carbocycles. The van der Waals surface area contributed by atoms with Crippen molar-refractivity contribution in [2.24, 2.45) is 4.99 Å². The van der Waals surface area contributed by atoms with Crippen molar-refractivity contribution in [2.75, 3.05) is 13.2 Å². The van der Waals surface area contributed by atoms with Crippen LogP contribution in [0.5, 0.6) is 28.7 Å². The third-order valence-corrected chi connectivity index (χ3v) is 4.96. The summed E-state index contributed by atoms with van der Waals surface area (Å²) in [5, 5.41) is 19.7. The number of hydrogen-bond acceptors (Lipinski definition) is 5. The fourth-order valence-corrected chi connectivity index (χ4v) is 3.28. The maximum absolute atomic E-state index is 9.91. The van der Waals surface area contributed by atoms with E-state index in [2.05, 4.69) is 11.9 Å². The van der Waals surface area contributed by atoms with Crippen LogP contribution in [-0.4, -0.2) is 29.6 Å². The molecule has 0 radical (unpaired) electrons. The molecule has 2 N–H and O–H groups in total. The summed E-state index contributed by atoms with van der Waals surface area (Å²) in [6, 6.07) is 19.2. The number of phenolic OH excluding ortho intramolecular Hbond substituents is 2. The van der Waals surface area contributed by atoms with E-state index in [1.807, 2.05) is 36.5 Å². The SMILES string of the molecule is CCCCCCN=CCCOc1ccc(Oc2ccc(O)cc2-c2cccc(O)c2)cc1. The zero-order valence-electron chi connectivity index (χ0n) is 18.5. The van der Waals surface area contributed by atoms with E-state index in [0.29, 0.717) is 23.7 Å². The molecule has 3 aromatic rings. The van der Waals surface area contributed by atoms with Crippen LogP contribution in [0.15, 0.2) is 71.7 Å². The number of unbranched alkanes of at least 4 members (excludes halogenated alkanes) is 3. The Bertz CT molecular complexity index is 999. The molecule has 0 heterocycles. The summed E-state index contributed by atoms with van der Waals surface area (Å²) >= 11 is 0. The van der Waals surface area contributed by atoms with E-state index in [4.69, 9.17) is 9.47 Å². The number of aliphatic imine (C=N–C) groups is 1. The highest BCUT2D eigenvalue weighted by molar-refractivity contribution is 5.73. The number of benzene rings is 3. The summed E-state index contributed by atoms with van der Waals surface area (Å²) in [5.41, 5.74) is 1.44. The van der Waals surface area contributed by atoms with Crippen LogP contribution in [-0.2, 0) is 0 Å². The molecule has 0 aromatic heterocycles. The van der Waals surface area contributed by atoms with Gasteiger partial charge in [-0.2, -0.15) is 0 Å². The molecule has 0 aliphatic rings. The smallest absolute Gasteiger partial charge is 0.135 e. The molecule has 0 saturated heterocycles. The predicted octanol–water partition coefficient (Wildman–Crippen LogP) is 6.98. The van der Waals surface area contributed by atoms with Gasteiger partial charge in [0.25, 0.3) is 0 Å². The average Bonchev–Trinajstić information content (AvgIpc) is 2.80. The third kappa shape index (κ3) is 7.34. The first-order valence-corrected chi connectivity index (χ1v) is 11.2. The van der Waals surface area contributed by atoms with E-state index >= 15 is 0 Å². The molecule has 0 unspecified atom stereocenters. The highest BCUT2D eigenvalue weighted by Gasteiger charge is 2.10. The molecule has 0 saturated carbocycles. The zero-order chi connectivity index (χ0) is 22.6. The van der Waals surface area contributed by atoms with Crippen molar-refractivity contribution in [1.82, 2.24) is 0 Å². The molecular formula is C27H31NO4. The number of rotatable bonds is 12. The van der Waals surface area contributed by atoms with Gasteiger partial charge in [0, 0.05) is 24.7 Å². The first-order valence-electron chi connectivity index (χ1n) is 11.2. The van der Waals surface area contributed by atoms with Crippen molar-refractivity contribution < 1.29 is 19.7 Å². The number of phenols is 2. The largest absolute Gasteiger partial charge is 0.508 e. The van der Waals surface area contributed by atoms with Crippen LogP contribution in [0.2, 0.25) is 0 Å². The molecule has 0 atom stereocenters. The van der Waals surface area contributed by atoms with E-state index in [1.54, 1.807) is 36.4 Å². The highest BCUT2D eigenvalue weighted by atomic mass is 16.5. The molecule has 5 heteroatoms. The second kappa shape index (κ2) is 12.4. The van der Waals surface area contributed by atoms with E-state index < -0.39 is 0 Å². The highest BCUT2D eigenvalue weighted by Crippen LogP contribution is 2.37. The van der Waals surface area contributed by atoms with Gasteiger partial charge in [-0.3, -0.25) is 4.99 Å². The molecule has 32 heavy (non-hydrogen) atoms. The average molecular weight is 434 g/mol. The Balaban J connectivity index is 1.53. The van der Waals surface area contributed by atoms with Crippen molar-refractivity contribution in [1.29, 1.82) is 0 Å². The van der Waals surface area contributed by atoms with Gasteiger partial charge in [0.15, 0.2) is 0 Å². The molecule has 0 amide bonds. The van der Waals surface area contributed by atoms with Gasteiger partial charge >= 0.3 is 0 Å². The van der Waals surface area contributed by atoms with Gasteiger partial charge in [0.1, 0.15) is 28.7 Å². The van der Waals surface area contributed by atoms with Gasteiger partial charge < -0.3 is 19.7 Å². The monoisotopic (exact) mass is 433 g/mol. The van der Waals surface area contributed by atoms with Gasteiger partial charge in [0.2, 0.25) is 0 Å². The lowest BCUT2D eigenvalue weighted by Gasteiger charge is -2.13. The van der Waals surface area contributed by atoms with Gasteiger partial charge in [-0.1, -0.05) is 38.3 Å². The Morgan fingerprint density at radius 1 is 0.844 bits per heavy atom. The molecule has 0 fully saturated rings. The molecule has 168 valence electrons. The van der Waals surface area contributed by atoms with E-state index in [-0.39, 0.29) is 11.5 Å². The summed E-state index contributed by atoms with van der Waals surface area (Å²) < 4.78 is 11.8. The quantitative estimate of drug-likeness (QED) is 0.239. The first kappa shape index (κ1) is 23.2. The van der Waals surface area contributed by atoms with Crippen molar-refractivity contribution in [2.45, 2.75) is 39.0 Å². The predicted molar refractivity (Wildman–Crippen MR) is 129 cm³/mol. The molecule has 3 aromatic carbocycles. The van der Waals surface area contributed by atoms with Crippen LogP contribution in [0.3, 0.4) is 0 Å². The lowest BCUT2D eigenvalue weighted by molar-refractivity contribution is 0.329. The van der Waals surface area contributed by atoms with Gasteiger partial charge in [-0.05, 0) is 66.6 Å². The summed E-state index contributed by atoms with van der Waals surface area (Å²) in [6.45, 7) is 3.69. The third-order valence-electron chi connectivity index (χ3n) is 4.96. The number of ether oxygens (including phenoxy) is 2. The second-order valence-corrected chi connectivity index (χ2v) is 7.59. The minimum Gasteiger partial charge on any atom is -0.508 e. The van der Waals surface area contributed by atoms with E-state index in [0.717, 1.165) is 30.7 Å². The number of nitrogens with zero attached hydrogens (tertiary/aromatic N) is 1.